The summed E-state index contributed by atoms with van der Waals surface area (Å²) in [7, 11) is 0. The molecule has 1 unspecified atom stereocenters. The molecule has 0 bridgehead atoms. The Hall–Kier alpha value is -2.96. The van der Waals surface area contributed by atoms with Crippen molar-refractivity contribution in [1.82, 2.24) is 9.88 Å². The average Bonchev–Trinajstić information content (AvgIpc) is 2.62. The molecule has 7 heteroatoms. The van der Waals surface area contributed by atoms with Crippen molar-refractivity contribution in [2.45, 2.75) is 45.2 Å². The molecule has 1 amide bonds. The Bertz CT molecular complexity index is 904. The molecular weight excluding hydrogens is 334 g/mol. The van der Waals surface area contributed by atoms with Gasteiger partial charge in [-0.05, 0) is 49.3 Å². The second-order valence-corrected chi connectivity index (χ2v) is 6.64. The number of nitrogens with one attached hydrogen (secondary N) is 1. The number of hydrogen-bond acceptors (Lipinski definition) is 4. The van der Waals surface area contributed by atoms with E-state index in [0.29, 0.717) is 0 Å². The van der Waals surface area contributed by atoms with Gasteiger partial charge in [0.05, 0.1) is 17.2 Å². The number of nitrogens with zero attached hydrogens (tertiary/aromatic N) is 2. The number of aryl methyl sites for hydroxylation is 2. The van der Waals surface area contributed by atoms with Gasteiger partial charge in [-0.15, -0.1) is 0 Å². The van der Waals surface area contributed by atoms with Gasteiger partial charge < -0.3 is 5.32 Å². The highest BCUT2D eigenvalue weighted by atomic mass is 16.6. The van der Waals surface area contributed by atoms with Crippen LogP contribution in [-0.4, -0.2) is 15.4 Å². The summed E-state index contributed by atoms with van der Waals surface area (Å²) in [5.74, 6) is -0.363. The first-order valence-corrected chi connectivity index (χ1v) is 8.70. The zero-order valence-electron chi connectivity index (χ0n) is 14.6. The van der Waals surface area contributed by atoms with Gasteiger partial charge in [0.2, 0.25) is 5.91 Å². The van der Waals surface area contributed by atoms with Gasteiger partial charge in [-0.2, -0.15) is 0 Å². The van der Waals surface area contributed by atoms with Gasteiger partial charge in [0.15, 0.2) is 0 Å². The number of carbonyl (C=O) groups is 1. The van der Waals surface area contributed by atoms with E-state index in [0.717, 1.165) is 41.3 Å². The van der Waals surface area contributed by atoms with Crippen LogP contribution in [0.1, 0.15) is 42.5 Å². The van der Waals surface area contributed by atoms with E-state index in [-0.39, 0.29) is 24.2 Å². The number of pyridine rings is 1. The molecule has 0 radical (unpaired) electrons. The zero-order valence-corrected chi connectivity index (χ0v) is 14.6. The summed E-state index contributed by atoms with van der Waals surface area (Å²) in [6, 6.07) is 8.31. The summed E-state index contributed by atoms with van der Waals surface area (Å²) >= 11 is 0. The maximum absolute atomic E-state index is 12.3. The molecule has 2 aromatic rings. The van der Waals surface area contributed by atoms with Crippen LogP contribution in [0.15, 0.2) is 41.3 Å². The Balaban J connectivity index is 1.69. The van der Waals surface area contributed by atoms with Crippen LogP contribution >= 0.6 is 0 Å². The summed E-state index contributed by atoms with van der Waals surface area (Å²) < 4.78 is 1.05. The zero-order chi connectivity index (χ0) is 18.7. The van der Waals surface area contributed by atoms with Gasteiger partial charge in [-0.1, -0.05) is 18.2 Å². The Kier molecular flexibility index (Phi) is 5.16. The van der Waals surface area contributed by atoms with E-state index in [4.69, 9.17) is 0 Å². The van der Waals surface area contributed by atoms with Gasteiger partial charge in [0, 0.05) is 12.1 Å². The smallest absolute Gasteiger partial charge is 0.285 e. The SMILES string of the molecule is CC(NC(=O)Cn1cc([N+](=O)[O-])ccc1=O)c1ccc2c(c1)CCCC2. The molecule has 0 spiro atoms. The minimum absolute atomic E-state index is 0.205. The lowest BCUT2D eigenvalue weighted by molar-refractivity contribution is -0.385. The Morgan fingerprint density at radius 1 is 1.23 bits per heavy atom. The molecule has 1 heterocycles. The fourth-order valence-electron chi connectivity index (χ4n) is 3.30. The molecular formula is C19H21N3O4. The van der Waals surface area contributed by atoms with Gasteiger partial charge in [0.25, 0.3) is 11.2 Å². The van der Waals surface area contributed by atoms with Crippen molar-refractivity contribution in [2.24, 2.45) is 0 Å². The third-order valence-corrected chi connectivity index (χ3v) is 4.74. The van der Waals surface area contributed by atoms with E-state index < -0.39 is 10.5 Å². The number of amides is 1. The molecule has 26 heavy (non-hydrogen) atoms. The summed E-state index contributed by atoms with van der Waals surface area (Å²) in [4.78, 5) is 34.3. The molecule has 7 nitrogen and oxygen atoms in total. The summed E-state index contributed by atoms with van der Waals surface area (Å²) in [5.41, 5.74) is 3.06. The molecule has 1 aliphatic rings. The molecule has 1 aliphatic carbocycles. The molecule has 0 saturated heterocycles. The number of benzene rings is 1. The number of aromatic nitrogens is 1. The Morgan fingerprint density at radius 3 is 2.69 bits per heavy atom. The minimum Gasteiger partial charge on any atom is -0.348 e. The first-order chi connectivity index (χ1) is 12.4. The van der Waals surface area contributed by atoms with Crippen LogP contribution in [-0.2, 0) is 24.2 Å². The fourth-order valence-corrected chi connectivity index (χ4v) is 3.30. The lowest BCUT2D eigenvalue weighted by atomic mass is 9.89. The van der Waals surface area contributed by atoms with E-state index in [9.17, 15) is 19.7 Å². The van der Waals surface area contributed by atoms with E-state index in [1.807, 2.05) is 13.0 Å². The van der Waals surface area contributed by atoms with Crippen molar-refractivity contribution in [2.75, 3.05) is 0 Å². The first-order valence-electron chi connectivity index (χ1n) is 8.70. The molecule has 0 aliphatic heterocycles. The Labute approximate surface area is 150 Å². The third kappa shape index (κ3) is 3.99. The van der Waals surface area contributed by atoms with Crippen molar-refractivity contribution >= 4 is 11.6 Å². The van der Waals surface area contributed by atoms with Crippen LogP contribution in [0.3, 0.4) is 0 Å². The number of fused-ring (bicyclic) bond motifs is 1. The fraction of sp³-hybridized carbons (Fsp3) is 0.368. The standard InChI is InChI=1S/C19H21N3O4/c1-13(15-7-6-14-4-2-3-5-16(14)10-15)20-18(23)12-21-11-17(22(25)26)8-9-19(21)24/h6-11,13H,2-5,12H2,1H3,(H,20,23). The third-order valence-electron chi connectivity index (χ3n) is 4.74. The summed E-state index contributed by atoms with van der Waals surface area (Å²) in [6.07, 6.45) is 5.66. The van der Waals surface area contributed by atoms with E-state index in [1.54, 1.807) is 0 Å². The Morgan fingerprint density at radius 2 is 1.96 bits per heavy atom. The molecule has 1 N–H and O–H groups in total. The number of rotatable bonds is 5. The van der Waals surface area contributed by atoms with Crippen molar-refractivity contribution in [1.29, 1.82) is 0 Å². The lowest BCUT2D eigenvalue weighted by Crippen LogP contribution is -2.33. The van der Waals surface area contributed by atoms with Crippen molar-refractivity contribution in [3.05, 3.63) is 73.7 Å². The van der Waals surface area contributed by atoms with E-state index in [1.165, 1.54) is 24.0 Å². The van der Waals surface area contributed by atoms with E-state index >= 15 is 0 Å². The van der Waals surface area contributed by atoms with Crippen LogP contribution in [0.25, 0.3) is 0 Å². The quantitative estimate of drug-likeness (QED) is 0.658. The predicted molar refractivity (Wildman–Crippen MR) is 97.0 cm³/mol. The van der Waals surface area contributed by atoms with E-state index in [2.05, 4.69) is 17.4 Å². The van der Waals surface area contributed by atoms with Gasteiger partial charge >= 0.3 is 0 Å². The molecule has 1 aromatic heterocycles. The summed E-state index contributed by atoms with van der Waals surface area (Å²) in [6.45, 7) is 1.63. The number of carbonyl (C=O) groups excluding carboxylic acids is 1. The molecule has 0 fully saturated rings. The van der Waals surface area contributed by atoms with Crippen LogP contribution in [0.2, 0.25) is 0 Å². The molecule has 3 rings (SSSR count). The predicted octanol–water partition coefficient (Wildman–Crippen LogP) is 2.51. The topological polar surface area (TPSA) is 94.2 Å². The summed E-state index contributed by atoms with van der Waals surface area (Å²) in [5, 5.41) is 13.7. The normalized spacial score (nSPS) is 14.3. The van der Waals surface area contributed by atoms with Gasteiger partial charge in [-0.25, -0.2) is 0 Å². The number of nitro groups is 1. The van der Waals surface area contributed by atoms with Crippen LogP contribution in [0, 0.1) is 10.1 Å². The largest absolute Gasteiger partial charge is 0.348 e. The maximum atomic E-state index is 12.3. The molecule has 1 aromatic carbocycles. The first kappa shape index (κ1) is 17.8. The molecule has 1 atom stereocenters. The van der Waals surface area contributed by atoms with Crippen molar-refractivity contribution in [3.8, 4) is 0 Å². The molecule has 0 saturated carbocycles. The van der Waals surface area contributed by atoms with Crippen molar-refractivity contribution in [3.63, 3.8) is 0 Å². The van der Waals surface area contributed by atoms with Crippen LogP contribution in [0.4, 0.5) is 5.69 Å². The van der Waals surface area contributed by atoms with Gasteiger partial charge in [0.1, 0.15) is 6.54 Å². The maximum Gasteiger partial charge on any atom is 0.285 e. The second-order valence-electron chi connectivity index (χ2n) is 6.64. The van der Waals surface area contributed by atoms with Crippen LogP contribution in [0.5, 0.6) is 0 Å². The molecule has 136 valence electrons. The lowest BCUT2D eigenvalue weighted by Gasteiger charge is -2.20. The second kappa shape index (κ2) is 7.51. The highest BCUT2D eigenvalue weighted by Gasteiger charge is 2.15. The highest BCUT2D eigenvalue weighted by molar-refractivity contribution is 5.76. The minimum atomic E-state index is -0.594. The monoisotopic (exact) mass is 355 g/mol. The van der Waals surface area contributed by atoms with Crippen LogP contribution < -0.4 is 10.9 Å². The average molecular weight is 355 g/mol. The van der Waals surface area contributed by atoms with Gasteiger partial charge in [-0.3, -0.25) is 24.3 Å². The van der Waals surface area contributed by atoms with Crippen molar-refractivity contribution < 1.29 is 9.72 Å². The highest BCUT2D eigenvalue weighted by Crippen LogP contribution is 2.24. The number of hydrogen-bond donors (Lipinski definition) is 1.